The lowest BCUT2D eigenvalue weighted by atomic mass is 10.0. The number of hydrogen-bond donors (Lipinski definition) is 2. The fourth-order valence-corrected chi connectivity index (χ4v) is 6.77. The number of carbonyl (C=O) groups is 2. The molecule has 0 spiro atoms. The highest BCUT2D eigenvalue weighted by Crippen LogP contribution is 2.43. The summed E-state index contributed by atoms with van der Waals surface area (Å²) in [6.07, 6.45) is 38.2. The Morgan fingerprint density at radius 2 is 1.00 bits per heavy atom. The Balaban J connectivity index is 4.18. The predicted molar refractivity (Wildman–Crippen MR) is 211 cm³/mol. The van der Waals surface area contributed by atoms with E-state index >= 15 is 0 Å². The second-order valence-electron chi connectivity index (χ2n) is 14.2. The molecule has 0 aromatic heterocycles. The van der Waals surface area contributed by atoms with Crippen molar-refractivity contribution in [1.82, 2.24) is 0 Å². The van der Waals surface area contributed by atoms with Gasteiger partial charge in [-0.3, -0.25) is 18.6 Å². The zero-order valence-corrected chi connectivity index (χ0v) is 34.0. The Bertz CT molecular complexity index is 856. The second kappa shape index (κ2) is 38.5. The number of phosphoric acid groups is 1. The Hall–Kier alpha value is -1.25. The van der Waals surface area contributed by atoms with Crippen LogP contribution in [-0.2, 0) is 32.7 Å². The van der Waals surface area contributed by atoms with Crippen molar-refractivity contribution in [2.75, 3.05) is 26.4 Å². The van der Waals surface area contributed by atoms with Crippen LogP contribution in [0.2, 0.25) is 0 Å². The van der Waals surface area contributed by atoms with Gasteiger partial charge in [-0.1, -0.05) is 180 Å². The molecule has 3 N–H and O–H groups in total. The largest absolute Gasteiger partial charge is 0.472 e. The molecule has 0 aliphatic heterocycles. The summed E-state index contributed by atoms with van der Waals surface area (Å²) in [6.45, 7) is 3.71. The molecule has 0 heterocycles. The molecule has 0 aromatic rings. The van der Waals surface area contributed by atoms with Gasteiger partial charge in [0.05, 0.1) is 13.2 Å². The van der Waals surface area contributed by atoms with Gasteiger partial charge in [0.1, 0.15) is 6.61 Å². The van der Waals surface area contributed by atoms with Gasteiger partial charge in [0.25, 0.3) is 0 Å². The van der Waals surface area contributed by atoms with Crippen LogP contribution >= 0.6 is 7.82 Å². The third-order valence-electron chi connectivity index (χ3n) is 9.16. The van der Waals surface area contributed by atoms with Crippen LogP contribution in [0.3, 0.4) is 0 Å². The number of allylic oxidation sites excluding steroid dienone is 2. The summed E-state index contributed by atoms with van der Waals surface area (Å²) in [5, 5.41) is 0. The van der Waals surface area contributed by atoms with E-state index in [0.717, 1.165) is 32.1 Å². The number of nitrogens with two attached hydrogens (primary N) is 1. The fourth-order valence-electron chi connectivity index (χ4n) is 6.01. The van der Waals surface area contributed by atoms with Crippen LogP contribution < -0.4 is 5.73 Å². The van der Waals surface area contributed by atoms with E-state index in [-0.39, 0.29) is 38.6 Å². The minimum absolute atomic E-state index is 0.0516. The van der Waals surface area contributed by atoms with E-state index in [1.165, 1.54) is 141 Å². The highest BCUT2D eigenvalue weighted by Gasteiger charge is 2.25. The third kappa shape index (κ3) is 38.3. The zero-order chi connectivity index (χ0) is 37.5. The van der Waals surface area contributed by atoms with E-state index in [0.29, 0.717) is 6.42 Å². The van der Waals surface area contributed by atoms with Crippen LogP contribution in [0.5, 0.6) is 0 Å². The number of unbranched alkanes of at least 4 members (excludes halogenated alkanes) is 25. The van der Waals surface area contributed by atoms with Gasteiger partial charge >= 0.3 is 19.8 Å². The number of rotatable bonds is 40. The van der Waals surface area contributed by atoms with E-state index < -0.39 is 26.5 Å². The summed E-state index contributed by atoms with van der Waals surface area (Å²) >= 11 is 0. The van der Waals surface area contributed by atoms with Crippen molar-refractivity contribution in [3.05, 3.63) is 12.2 Å². The summed E-state index contributed by atoms with van der Waals surface area (Å²) in [5.41, 5.74) is 5.34. The molecule has 0 saturated carbocycles. The van der Waals surface area contributed by atoms with Crippen molar-refractivity contribution >= 4 is 19.8 Å². The van der Waals surface area contributed by atoms with Crippen molar-refractivity contribution in [2.45, 2.75) is 213 Å². The summed E-state index contributed by atoms with van der Waals surface area (Å²) in [4.78, 5) is 34.8. The molecule has 0 amide bonds. The average molecular weight is 746 g/mol. The molecule has 0 radical (unpaired) electrons. The fraction of sp³-hybridized carbons (Fsp3) is 0.902. The smallest absolute Gasteiger partial charge is 0.462 e. The van der Waals surface area contributed by atoms with Crippen LogP contribution in [0.4, 0.5) is 0 Å². The number of phosphoric ester groups is 1. The summed E-state index contributed by atoms with van der Waals surface area (Å²) in [5.74, 6) is -0.875. The van der Waals surface area contributed by atoms with Gasteiger partial charge in [0.15, 0.2) is 6.10 Å². The van der Waals surface area contributed by atoms with Crippen molar-refractivity contribution in [1.29, 1.82) is 0 Å². The Morgan fingerprint density at radius 3 is 1.47 bits per heavy atom. The molecule has 0 rings (SSSR count). The Morgan fingerprint density at radius 1 is 0.569 bits per heavy atom. The van der Waals surface area contributed by atoms with Gasteiger partial charge in [-0.25, -0.2) is 4.57 Å². The predicted octanol–water partition coefficient (Wildman–Crippen LogP) is 11.8. The Kier molecular flexibility index (Phi) is 37.5. The summed E-state index contributed by atoms with van der Waals surface area (Å²) < 4.78 is 32.7. The minimum atomic E-state index is -4.38. The maximum Gasteiger partial charge on any atom is 0.472 e. The first-order valence-corrected chi connectivity index (χ1v) is 22.7. The average Bonchev–Trinajstić information content (AvgIpc) is 3.11. The Labute approximate surface area is 313 Å². The van der Waals surface area contributed by atoms with Crippen LogP contribution in [0.25, 0.3) is 0 Å². The number of carbonyl (C=O) groups excluding carboxylic acids is 2. The minimum Gasteiger partial charge on any atom is -0.462 e. The van der Waals surface area contributed by atoms with Crippen molar-refractivity contribution < 1.29 is 37.6 Å². The lowest BCUT2D eigenvalue weighted by Gasteiger charge is -2.19. The molecular weight excluding hydrogens is 665 g/mol. The molecule has 2 unspecified atom stereocenters. The second-order valence-corrected chi connectivity index (χ2v) is 15.7. The topological polar surface area (TPSA) is 134 Å². The van der Waals surface area contributed by atoms with Gasteiger partial charge in [-0.05, 0) is 25.7 Å². The first-order chi connectivity index (χ1) is 24.8. The van der Waals surface area contributed by atoms with Gasteiger partial charge in [0.2, 0.25) is 0 Å². The summed E-state index contributed by atoms with van der Waals surface area (Å²) in [7, 11) is -4.38. The van der Waals surface area contributed by atoms with E-state index in [1.807, 2.05) is 6.08 Å². The normalized spacial score (nSPS) is 13.4. The molecule has 302 valence electrons. The highest BCUT2D eigenvalue weighted by atomic mass is 31.2. The monoisotopic (exact) mass is 746 g/mol. The molecule has 51 heavy (non-hydrogen) atoms. The molecule has 0 aromatic carbocycles. The quantitative estimate of drug-likeness (QED) is 0.0272. The molecule has 0 aliphatic carbocycles. The number of ether oxygens (including phenoxy) is 2. The lowest BCUT2D eigenvalue weighted by Crippen LogP contribution is -2.29. The van der Waals surface area contributed by atoms with Crippen LogP contribution in [0.1, 0.15) is 206 Å². The SMILES string of the molecule is CCCCCCCCCCCCCC=CCCC(=O)OC(COC(=O)CCCCCCCCCCCCCCCCC)COP(=O)(O)OCCN. The first-order valence-electron chi connectivity index (χ1n) is 21.2. The summed E-state index contributed by atoms with van der Waals surface area (Å²) in [6, 6.07) is 0. The maximum atomic E-state index is 12.5. The molecule has 2 atom stereocenters. The van der Waals surface area contributed by atoms with Crippen LogP contribution in [0, 0.1) is 0 Å². The van der Waals surface area contributed by atoms with E-state index in [2.05, 4.69) is 19.9 Å². The van der Waals surface area contributed by atoms with Crippen molar-refractivity contribution in [3.8, 4) is 0 Å². The molecule has 0 bridgehead atoms. The van der Waals surface area contributed by atoms with Crippen molar-refractivity contribution in [3.63, 3.8) is 0 Å². The molecule has 0 aliphatic rings. The molecule has 9 nitrogen and oxygen atoms in total. The van der Waals surface area contributed by atoms with Gasteiger partial charge < -0.3 is 20.1 Å². The van der Waals surface area contributed by atoms with E-state index in [4.69, 9.17) is 24.3 Å². The molecule has 0 fully saturated rings. The third-order valence-corrected chi connectivity index (χ3v) is 10.1. The molecular formula is C41H80NO8P. The van der Waals surface area contributed by atoms with E-state index in [1.54, 1.807) is 0 Å². The lowest BCUT2D eigenvalue weighted by molar-refractivity contribution is -0.161. The van der Waals surface area contributed by atoms with E-state index in [9.17, 15) is 19.0 Å². The first kappa shape index (κ1) is 49.8. The standard InChI is InChI=1S/C41H80NO8P/c1-3-5-7-9-11-13-15-17-19-21-23-25-27-29-31-33-40(43)47-37-39(38-49-51(45,46)48-36-35-42)50-41(44)34-32-30-28-26-24-22-20-18-16-14-12-10-8-6-4-2/h28,30,39H,3-27,29,31-38,42H2,1-2H3,(H,45,46). The molecule has 0 saturated heterocycles. The maximum absolute atomic E-state index is 12.5. The van der Waals surface area contributed by atoms with Crippen LogP contribution in [-0.4, -0.2) is 49.3 Å². The van der Waals surface area contributed by atoms with Crippen molar-refractivity contribution in [2.24, 2.45) is 5.73 Å². The number of hydrogen-bond acceptors (Lipinski definition) is 8. The van der Waals surface area contributed by atoms with Gasteiger partial charge in [-0.2, -0.15) is 0 Å². The number of esters is 2. The van der Waals surface area contributed by atoms with Gasteiger partial charge in [-0.15, -0.1) is 0 Å². The van der Waals surface area contributed by atoms with Crippen LogP contribution in [0.15, 0.2) is 12.2 Å². The van der Waals surface area contributed by atoms with Gasteiger partial charge in [0, 0.05) is 19.4 Å². The zero-order valence-electron chi connectivity index (χ0n) is 33.1. The molecule has 10 heteroatoms. The highest BCUT2D eigenvalue weighted by molar-refractivity contribution is 7.47.